The van der Waals surface area contributed by atoms with Gasteiger partial charge in [-0.3, -0.25) is 14.5 Å². The van der Waals surface area contributed by atoms with Gasteiger partial charge in [0.05, 0.1) is 13.1 Å². The van der Waals surface area contributed by atoms with E-state index >= 15 is 0 Å². The zero-order valence-electron chi connectivity index (χ0n) is 12.9. The van der Waals surface area contributed by atoms with Crippen molar-refractivity contribution in [2.24, 2.45) is 0 Å². The third kappa shape index (κ3) is 2.79. The van der Waals surface area contributed by atoms with Crippen LogP contribution in [0.3, 0.4) is 0 Å². The summed E-state index contributed by atoms with van der Waals surface area (Å²) in [6.07, 6.45) is 0.434. The SMILES string of the molecule is Cc1ccccc1[C@@]1(O)CCN(C(=O)CN2C(=O)CNC2=O)C1. The molecule has 7 nitrogen and oxygen atoms in total. The number of rotatable bonds is 3. The Morgan fingerprint density at radius 2 is 2.09 bits per heavy atom. The molecule has 122 valence electrons. The van der Waals surface area contributed by atoms with Gasteiger partial charge in [0.2, 0.25) is 5.91 Å². The van der Waals surface area contributed by atoms with Gasteiger partial charge in [0.1, 0.15) is 12.1 Å². The average molecular weight is 317 g/mol. The lowest BCUT2D eigenvalue weighted by Crippen LogP contribution is -2.43. The Bertz CT molecular complexity index is 659. The standard InChI is InChI=1S/C16H19N3O4/c1-11-4-2-3-5-12(11)16(23)6-7-18(10-16)14(21)9-19-13(20)8-17-15(19)22/h2-5,23H,6-10H2,1H3,(H,17,22)/t16-/m1/s1. The van der Waals surface area contributed by atoms with Gasteiger partial charge in [0, 0.05) is 6.54 Å². The van der Waals surface area contributed by atoms with Crippen LogP contribution in [0.5, 0.6) is 0 Å². The number of nitrogens with one attached hydrogen (secondary N) is 1. The number of carbonyl (C=O) groups is 3. The van der Waals surface area contributed by atoms with Crippen molar-refractivity contribution in [2.45, 2.75) is 18.9 Å². The molecule has 0 radical (unpaired) electrons. The first kappa shape index (κ1) is 15.5. The van der Waals surface area contributed by atoms with Gasteiger partial charge in [-0.2, -0.15) is 0 Å². The van der Waals surface area contributed by atoms with Gasteiger partial charge in [-0.05, 0) is 24.5 Å². The van der Waals surface area contributed by atoms with Crippen molar-refractivity contribution in [3.05, 3.63) is 35.4 Å². The normalized spacial score (nSPS) is 24.3. The zero-order chi connectivity index (χ0) is 16.6. The molecule has 2 saturated heterocycles. The summed E-state index contributed by atoms with van der Waals surface area (Å²) >= 11 is 0. The molecule has 2 aliphatic heterocycles. The van der Waals surface area contributed by atoms with Crippen LogP contribution in [0.2, 0.25) is 0 Å². The quantitative estimate of drug-likeness (QED) is 0.766. The first-order valence-corrected chi connectivity index (χ1v) is 7.55. The highest BCUT2D eigenvalue weighted by atomic mass is 16.3. The second-order valence-electron chi connectivity index (χ2n) is 6.05. The molecule has 2 fully saturated rings. The Morgan fingerprint density at radius 3 is 2.74 bits per heavy atom. The summed E-state index contributed by atoms with van der Waals surface area (Å²) in [6.45, 7) is 2.13. The molecule has 0 unspecified atom stereocenters. The van der Waals surface area contributed by atoms with Crippen LogP contribution in [0.4, 0.5) is 4.79 Å². The molecule has 4 amide bonds. The lowest BCUT2D eigenvalue weighted by atomic mass is 9.89. The number of likely N-dealkylation sites (tertiary alicyclic amines) is 1. The van der Waals surface area contributed by atoms with Crippen molar-refractivity contribution in [1.82, 2.24) is 15.1 Å². The van der Waals surface area contributed by atoms with Gasteiger partial charge in [0.25, 0.3) is 5.91 Å². The summed E-state index contributed by atoms with van der Waals surface area (Å²) in [5.74, 6) is -0.739. The fourth-order valence-electron chi connectivity index (χ4n) is 3.17. The first-order valence-electron chi connectivity index (χ1n) is 7.55. The smallest absolute Gasteiger partial charge is 0.325 e. The molecule has 1 aromatic carbocycles. The van der Waals surface area contributed by atoms with Crippen LogP contribution in [-0.4, -0.2) is 58.9 Å². The Labute approximate surface area is 133 Å². The fourth-order valence-corrected chi connectivity index (χ4v) is 3.17. The monoisotopic (exact) mass is 317 g/mol. The van der Waals surface area contributed by atoms with Crippen molar-refractivity contribution >= 4 is 17.8 Å². The van der Waals surface area contributed by atoms with Gasteiger partial charge in [-0.15, -0.1) is 0 Å². The number of aliphatic hydroxyl groups is 1. The molecule has 1 aromatic rings. The van der Waals surface area contributed by atoms with E-state index in [1.807, 2.05) is 31.2 Å². The number of hydrogen-bond donors (Lipinski definition) is 2. The summed E-state index contributed by atoms with van der Waals surface area (Å²) in [6, 6.07) is 7.00. The van der Waals surface area contributed by atoms with Gasteiger partial charge in [-0.1, -0.05) is 24.3 Å². The van der Waals surface area contributed by atoms with Crippen LogP contribution >= 0.6 is 0 Å². The molecule has 3 rings (SSSR count). The topological polar surface area (TPSA) is 89.9 Å². The number of hydrogen-bond acceptors (Lipinski definition) is 4. The van der Waals surface area contributed by atoms with E-state index in [1.165, 1.54) is 4.90 Å². The predicted molar refractivity (Wildman–Crippen MR) is 81.4 cm³/mol. The Hall–Kier alpha value is -2.41. The molecule has 1 atom stereocenters. The van der Waals surface area contributed by atoms with Crippen LogP contribution in [0.25, 0.3) is 0 Å². The molecule has 2 N–H and O–H groups in total. The summed E-state index contributed by atoms with van der Waals surface area (Å²) in [7, 11) is 0. The van der Waals surface area contributed by atoms with E-state index in [0.29, 0.717) is 13.0 Å². The second-order valence-corrected chi connectivity index (χ2v) is 6.05. The Kier molecular flexibility index (Phi) is 3.81. The molecule has 23 heavy (non-hydrogen) atoms. The van der Waals surface area contributed by atoms with E-state index in [0.717, 1.165) is 16.0 Å². The van der Waals surface area contributed by atoms with Crippen molar-refractivity contribution in [2.75, 3.05) is 26.2 Å². The van der Waals surface area contributed by atoms with Crippen molar-refractivity contribution in [3.8, 4) is 0 Å². The summed E-state index contributed by atoms with van der Waals surface area (Å²) in [4.78, 5) is 37.8. The van der Waals surface area contributed by atoms with Crippen molar-refractivity contribution < 1.29 is 19.5 Å². The van der Waals surface area contributed by atoms with Crippen LogP contribution < -0.4 is 5.32 Å². The molecule has 7 heteroatoms. The largest absolute Gasteiger partial charge is 0.383 e. The number of carbonyl (C=O) groups excluding carboxylic acids is 3. The molecule has 0 spiro atoms. The lowest BCUT2D eigenvalue weighted by molar-refractivity contribution is -0.136. The molecular weight excluding hydrogens is 298 g/mol. The Morgan fingerprint density at radius 1 is 1.35 bits per heavy atom. The maximum atomic E-state index is 12.3. The van der Waals surface area contributed by atoms with Crippen LogP contribution in [0.1, 0.15) is 17.5 Å². The zero-order valence-corrected chi connectivity index (χ0v) is 12.9. The number of nitrogens with zero attached hydrogens (tertiary/aromatic N) is 2. The number of benzene rings is 1. The highest BCUT2D eigenvalue weighted by Gasteiger charge is 2.41. The van der Waals surface area contributed by atoms with E-state index < -0.39 is 17.5 Å². The van der Waals surface area contributed by atoms with E-state index in [9.17, 15) is 19.5 Å². The van der Waals surface area contributed by atoms with E-state index in [4.69, 9.17) is 0 Å². The number of urea groups is 1. The number of β-amino-alcohol motifs (C(OH)–C–C–N with tert-alkyl or cyclic N) is 1. The molecule has 0 bridgehead atoms. The van der Waals surface area contributed by atoms with Gasteiger partial charge in [0.15, 0.2) is 0 Å². The number of amides is 4. The lowest BCUT2D eigenvalue weighted by Gasteiger charge is -2.26. The van der Waals surface area contributed by atoms with Crippen LogP contribution in [0, 0.1) is 6.92 Å². The van der Waals surface area contributed by atoms with Crippen LogP contribution in [-0.2, 0) is 15.2 Å². The van der Waals surface area contributed by atoms with Gasteiger partial charge >= 0.3 is 6.03 Å². The van der Waals surface area contributed by atoms with Crippen LogP contribution in [0.15, 0.2) is 24.3 Å². The summed E-state index contributed by atoms with van der Waals surface area (Å²) < 4.78 is 0. The van der Waals surface area contributed by atoms with Crippen molar-refractivity contribution in [3.63, 3.8) is 0 Å². The molecule has 2 heterocycles. The maximum Gasteiger partial charge on any atom is 0.325 e. The van der Waals surface area contributed by atoms with Gasteiger partial charge < -0.3 is 15.3 Å². The fraction of sp³-hybridized carbons (Fsp3) is 0.438. The first-order chi connectivity index (χ1) is 10.9. The molecule has 2 aliphatic rings. The van der Waals surface area contributed by atoms with E-state index in [2.05, 4.69) is 5.32 Å². The minimum atomic E-state index is -1.09. The average Bonchev–Trinajstić information content (AvgIpc) is 3.06. The predicted octanol–water partition coefficient (Wildman–Crippen LogP) is -0.0333. The number of imide groups is 1. The highest BCUT2D eigenvalue weighted by molar-refractivity contribution is 6.04. The maximum absolute atomic E-state index is 12.3. The summed E-state index contributed by atoms with van der Waals surface area (Å²) in [5.41, 5.74) is 0.696. The van der Waals surface area contributed by atoms with Crippen molar-refractivity contribution in [1.29, 1.82) is 0 Å². The Balaban J connectivity index is 1.70. The molecular formula is C16H19N3O4. The molecule has 0 saturated carbocycles. The molecule has 0 aliphatic carbocycles. The minimum Gasteiger partial charge on any atom is -0.383 e. The summed E-state index contributed by atoms with van der Waals surface area (Å²) in [5, 5.41) is 13.3. The highest BCUT2D eigenvalue weighted by Crippen LogP contribution is 2.33. The van der Waals surface area contributed by atoms with E-state index in [1.54, 1.807) is 0 Å². The second kappa shape index (κ2) is 5.66. The third-order valence-corrected chi connectivity index (χ3v) is 4.48. The van der Waals surface area contributed by atoms with E-state index in [-0.39, 0.29) is 25.5 Å². The molecule has 0 aromatic heterocycles. The number of aryl methyl sites for hydroxylation is 1. The van der Waals surface area contributed by atoms with Gasteiger partial charge in [-0.25, -0.2) is 4.79 Å². The minimum absolute atomic E-state index is 0.0702. The third-order valence-electron chi connectivity index (χ3n) is 4.48.